The first-order valence-electron chi connectivity index (χ1n) is 42.3. The number of likely N-dealkylation sites (N-methyl/N-ethyl adjacent to an activating group) is 3. The highest BCUT2D eigenvalue weighted by Gasteiger charge is 2.47. The van der Waals surface area contributed by atoms with Gasteiger partial charge in [0.25, 0.3) is 0 Å². The molecular weight excluding hydrogens is 1690 g/mol. The number of hydrogen-bond donors (Lipinski definition) is 14. The van der Waals surface area contributed by atoms with Crippen LogP contribution in [-0.4, -0.2) is 276 Å². The number of thioether (sulfide) groups is 1. The number of nitrogens with one attached hydrogen (secondary N) is 9. The van der Waals surface area contributed by atoms with Crippen molar-refractivity contribution in [2.45, 2.75) is 209 Å². The van der Waals surface area contributed by atoms with Gasteiger partial charge in [0, 0.05) is 115 Å². The maximum absolute atomic E-state index is 15.6. The molecule has 3 aliphatic rings. The Morgan fingerprint density at radius 2 is 1.09 bits per heavy atom. The van der Waals surface area contributed by atoms with Crippen LogP contribution in [0.1, 0.15) is 120 Å². The highest BCUT2D eigenvalue weighted by molar-refractivity contribution is 8.00. The van der Waals surface area contributed by atoms with E-state index in [0.717, 1.165) is 55.4 Å². The van der Waals surface area contributed by atoms with E-state index in [1.54, 1.807) is 67.7 Å². The predicted octanol–water partition coefficient (Wildman–Crippen LogP) is 2.56. The number of aromatic nitrogens is 1. The monoisotopic (exact) mass is 1800 g/mol. The average Bonchev–Trinajstić information content (AvgIpc) is 1.72. The molecule has 690 valence electrons. The summed E-state index contributed by atoms with van der Waals surface area (Å²) in [5.74, 6) is -23.6. The number of aliphatic hydroxyl groups excluding tert-OH is 1. The molecule has 13 amide bonds. The molecule has 15 N–H and O–H groups in total. The van der Waals surface area contributed by atoms with Crippen molar-refractivity contribution >= 4 is 111 Å². The summed E-state index contributed by atoms with van der Waals surface area (Å²) < 4.78 is 59.3. The van der Waals surface area contributed by atoms with E-state index in [4.69, 9.17) is 5.73 Å². The number of carboxylic acids is 2. The standard InChI is InChI=1S/C89H111F4N15O19S/c1-8-9-21-69-88(126)108-45-57(110)41-71(108)84(122)101-65(42-75(114)115)80(118)103-77(48(2)3)89(127)105(6)70(38-50-17-11-10-12-18-50)83(121)98-62(31-32-74(112)113)86(124)107-33-16-15-22-68(107)82(120)100-64(40-54-44-95-61-20-14-13-19-58(54)61)79(117)99-63(36-51-25-29-56(109)30-26-51)78(116)102-67(43-94)81(119)96-49(4)46-128-47-73(111)97-66(37-53-34-59(91)76(93)60(92)35-53)85(123)106(7)72(87(125)104(69)5)39-52-23-27-55(90)28-24-52/h10-14,17-20,23-30,34-35,44,48-49,57,62-72,77,95,109-110H,8-9,15-16,21-22,31-33,36-43,45-47,94H2,1-7H3,(H,96,119)(H,97,111)(H,98,121)(H,99,117)(H,100,120)(H,101,122)(H,102,116)(H,103,118)(H,112,113)(H,114,115)/t49-,57+,62+,63+,64+,65+,66+,67+,68-,69+,70+,71-,72+,77+/m1/s1. The van der Waals surface area contributed by atoms with Crippen molar-refractivity contribution in [2.24, 2.45) is 11.7 Å². The zero-order valence-electron chi connectivity index (χ0n) is 72.0. The van der Waals surface area contributed by atoms with Crippen molar-refractivity contribution in [1.82, 2.24) is 72.0 Å². The maximum Gasteiger partial charge on any atom is 0.305 e. The van der Waals surface area contributed by atoms with Crippen LogP contribution in [0.2, 0.25) is 0 Å². The fourth-order valence-corrected chi connectivity index (χ4v) is 16.7. The number of rotatable bonds is 20. The first-order valence-corrected chi connectivity index (χ1v) is 43.5. The number of aromatic hydroxyl groups is 1. The van der Waals surface area contributed by atoms with Crippen molar-refractivity contribution in [2.75, 3.05) is 52.3 Å². The first-order chi connectivity index (χ1) is 60.8. The lowest BCUT2D eigenvalue weighted by molar-refractivity contribution is -0.152. The highest BCUT2D eigenvalue weighted by Crippen LogP contribution is 2.29. The van der Waals surface area contributed by atoms with Gasteiger partial charge in [0.05, 0.1) is 18.3 Å². The lowest BCUT2D eigenvalue weighted by Crippen LogP contribution is -2.63. The summed E-state index contributed by atoms with van der Waals surface area (Å²) in [6, 6.07) is 5.80. The molecule has 39 heteroatoms. The molecule has 3 fully saturated rings. The predicted molar refractivity (Wildman–Crippen MR) is 460 cm³/mol. The number of aromatic amines is 1. The van der Waals surface area contributed by atoms with Gasteiger partial charge >= 0.3 is 11.9 Å². The molecule has 0 radical (unpaired) electrons. The third-order valence-corrected chi connectivity index (χ3v) is 24.1. The van der Waals surface area contributed by atoms with E-state index in [9.17, 15) is 62.8 Å². The Kier molecular flexibility index (Phi) is 35.9. The number of piperidine rings is 1. The third kappa shape index (κ3) is 26.8. The Morgan fingerprint density at radius 1 is 0.531 bits per heavy atom. The number of unbranched alkanes of at least 4 members (excludes halogenated alkanes) is 1. The van der Waals surface area contributed by atoms with E-state index in [-0.39, 0.29) is 67.7 Å². The molecule has 9 rings (SSSR count). The molecule has 0 spiro atoms. The Bertz CT molecular complexity index is 4980. The van der Waals surface area contributed by atoms with Crippen molar-refractivity contribution in [3.8, 4) is 5.75 Å². The number of hydrogen-bond acceptors (Lipinski definition) is 19. The number of H-pyrrole nitrogens is 1. The molecule has 128 heavy (non-hydrogen) atoms. The van der Waals surface area contributed by atoms with Crippen LogP contribution in [0, 0.1) is 29.2 Å². The number of carboxylic acid groups (broad SMARTS) is 2. The molecule has 0 unspecified atom stereocenters. The molecule has 3 saturated heterocycles. The minimum atomic E-state index is -2.05. The maximum atomic E-state index is 15.6. The number of carbonyl (C=O) groups excluding carboxylic acids is 13. The molecule has 0 bridgehead atoms. The first kappa shape index (κ1) is 99.3. The topological polar surface area (TPSA) is 491 Å². The van der Waals surface area contributed by atoms with Crippen molar-refractivity contribution < 1.29 is 110 Å². The number of nitrogens with zero attached hydrogens (tertiary/aromatic N) is 5. The Morgan fingerprint density at radius 3 is 1.73 bits per heavy atom. The number of fused-ring (bicyclic) bond motifs is 3. The lowest BCUT2D eigenvalue weighted by atomic mass is 9.97. The van der Waals surface area contributed by atoms with E-state index < -0.39 is 260 Å². The summed E-state index contributed by atoms with van der Waals surface area (Å²) in [6.07, 6.45) is -3.83. The minimum absolute atomic E-state index is 0.0345. The number of aliphatic hydroxyl groups is 1. The summed E-state index contributed by atoms with van der Waals surface area (Å²) >= 11 is 0.900. The van der Waals surface area contributed by atoms with E-state index in [0.29, 0.717) is 59.0 Å². The van der Waals surface area contributed by atoms with Gasteiger partial charge in [0.15, 0.2) is 17.5 Å². The van der Waals surface area contributed by atoms with Gasteiger partial charge in [-0.1, -0.05) is 106 Å². The van der Waals surface area contributed by atoms with Gasteiger partial charge < -0.3 is 98.2 Å². The van der Waals surface area contributed by atoms with E-state index in [1.807, 2.05) is 0 Å². The summed E-state index contributed by atoms with van der Waals surface area (Å²) in [7, 11) is 3.55. The number of benzene rings is 5. The van der Waals surface area contributed by atoms with Crippen LogP contribution in [0.5, 0.6) is 5.75 Å². The number of nitrogens with two attached hydrogens (primary N) is 1. The molecule has 4 heterocycles. The van der Waals surface area contributed by atoms with Crippen molar-refractivity contribution in [3.05, 3.63) is 173 Å². The van der Waals surface area contributed by atoms with Crippen LogP contribution >= 0.6 is 11.8 Å². The van der Waals surface area contributed by atoms with Crippen LogP contribution in [-0.2, 0) is 104 Å². The van der Waals surface area contributed by atoms with Crippen LogP contribution in [0.3, 0.4) is 0 Å². The molecular formula is C89H111F4N15O19S. The van der Waals surface area contributed by atoms with Gasteiger partial charge in [-0.2, -0.15) is 0 Å². The van der Waals surface area contributed by atoms with Gasteiger partial charge in [-0.15, -0.1) is 11.8 Å². The van der Waals surface area contributed by atoms with E-state index in [1.165, 1.54) is 71.3 Å². The smallest absolute Gasteiger partial charge is 0.305 e. The zero-order valence-corrected chi connectivity index (χ0v) is 72.8. The second kappa shape index (κ2) is 46.3. The normalized spacial score (nSPS) is 24.8. The lowest BCUT2D eigenvalue weighted by Gasteiger charge is -2.38. The van der Waals surface area contributed by atoms with Gasteiger partial charge in [-0.25, -0.2) is 17.6 Å². The number of phenolic OH excluding ortho intramolecular Hbond substituents is 1. The molecule has 0 saturated carbocycles. The van der Waals surface area contributed by atoms with Gasteiger partial charge in [0.2, 0.25) is 76.8 Å². The number of para-hydroxylation sites is 1. The number of carbonyl (C=O) groups is 15. The molecule has 34 nitrogen and oxygen atoms in total. The molecule has 6 aromatic rings. The van der Waals surface area contributed by atoms with Crippen LogP contribution in [0.15, 0.2) is 121 Å². The number of phenols is 1. The zero-order chi connectivity index (χ0) is 93.5. The molecule has 0 aliphatic carbocycles. The van der Waals surface area contributed by atoms with Gasteiger partial charge in [0.1, 0.15) is 84.1 Å². The Balaban J connectivity index is 1.11. The van der Waals surface area contributed by atoms with Crippen LogP contribution in [0.25, 0.3) is 10.9 Å². The quantitative estimate of drug-likeness (QED) is 0.0386. The SMILES string of the molecule is CCCC[C@H]1C(=O)N2C[C@@H](O)C[C@@H]2C(=O)N[C@@H](CC(=O)O)C(=O)N[C@@H](C(C)C)C(=O)N(C)[C@@H](Cc2ccccc2)C(=O)N[C@@H](CCC(=O)O)C(=O)N2CCCC[C@@H]2C(=O)N[C@@H](Cc2c[nH]c3ccccc23)C(=O)N[C@@H](Cc2ccc(O)cc2)C(=O)N[C@@H](CN)C(=O)N[C@H](C)CSCC(=O)N[C@@H](Cc2cc(F)c(F)c(F)c2)C(=O)N(C)[C@@H](Cc2ccc(F)cc2)C(=O)N1C. The number of amides is 13. The van der Waals surface area contributed by atoms with Gasteiger partial charge in [-0.05, 0) is 115 Å². The summed E-state index contributed by atoms with van der Waals surface area (Å²) in [5, 5.41) is 63.8. The second-order valence-corrected chi connectivity index (χ2v) is 33.9. The molecule has 5 aromatic carbocycles. The number of halogens is 4. The molecule has 14 atom stereocenters. The second-order valence-electron chi connectivity index (χ2n) is 32.9. The third-order valence-electron chi connectivity index (χ3n) is 22.9. The largest absolute Gasteiger partial charge is 0.508 e. The fourth-order valence-electron chi connectivity index (χ4n) is 15.9. The van der Waals surface area contributed by atoms with Crippen LogP contribution < -0.4 is 48.3 Å². The van der Waals surface area contributed by atoms with Crippen molar-refractivity contribution in [3.63, 3.8) is 0 Å². The molecule has 1 aromatic heterocycles. The Hall–Kier alpha value is -12.5. The number of aliphatic carboxylic acids is 2. The summed E-state index contributed by atoms with van der Waals surface area (Å²) in [5.41, 5.74) is 8.04. The van der Waals surface area contributed by atoms with Gasteiger partial charge in [-0.3, -0.25) is 71.9 Å². The summed E-state index contributed by atoms with van der Waals surface area (Å²) in [4.78, 5) is 229. The van der Waals surface area contributed by atoms with E-state index >= 15 is 47.1 Å². The minimum Gasteiger partial charge on any atom is -0.508 e. The van der Waals surface area contributed by atoms with Crippen LogP contribution in [0.4, 0.5) is 17.6 Å². The fraction of sp³-hybridized carbons (Fsp3) is 0.472. The Labute approximate surface area is 740 Å². The average molecular weight is 1800 g/mol. The molecule has 3 aliphatic heterocycles. The summed E-state index contributed by atoms with van der Waals surface area (Å²) in [6.45, 7) is 5.03. The van der Waals surface area contributed by atoms with E-state index in [2.05, 4.69) is 47.5 Å². The highest BCUT2D eigenvalue weighted by atomic mass is 32.2. The van der Waals surface area contributed by atoms with Crippen molar-refractivity contribution in [1.29, 1.82) is 0 Å².